The standard InChI is InChI=1S/C14H29N/c1-13(2,3)11-7-9-15-10-8-12(11)14(4,5)6/h11-12,15H,7-10H2,1-6H3. The Kier molecular flexibility index (Phi) is 3.86. The summed E-state index contributed by atoms with van der Waals surface area (Å²) in [6.07, 6.45) is 2.68. The van der Waals surface area contributed by atoms with Gasteiger partial charge < -0.3 is 5.32 Å². The van der Waals surface area contributed by atoms with E-state index in [1.807, 2.05) is 0 Å². The molecule has 1 saturated heterocycles. The van der Waals surface area contributed by atoms with Gasteiger partial charge in [-0.3, -0.25) is 0 Å². The third-order valence-electron chi connectivity index (χ3n) is 3.97. The first-order valence-electron chi connectivity index (χ1n) is 6.43. The van der Waals surface area contributed by atoms with Gasteiger partial charge in [0.2, 0.25) is 0 Å². The lowest BCUT2D eigenvalue weighted by atomic mass is 9.62. The molecule has 0 saturated carbocycles. The summed E-state index contributed by atoms with van der Waals surface area (Å²) >= 11 is 0. The molecule has 2 unspecified atom stereocenters. The van der Waals surface area contributed by atoms with E-state index in [2.05, 4.69) is 46.9 Å². The molecule has 1 heterocycles. The minimum Gasteiger partial charge on any atom is -0.317 e. The van der Waals surface area contributed by atoms with Gasteiger partial charge in [0.15, 0.2) is 0 Å². The number of hydrogen-bond acceptors (Lipinski definition) is 1. The Morgan fingerprint density at radius 2 is 1.07 bits per heavy atom. The molecule has 0 aromatic rings. The van der Waals surface area contributed by atoms with Gasteiger partial charge in [0.1, 0.15) is 0 Å². The molecule has 1 nitrogen and oxygen atoms in total. The monoisotopic (exact) mass is 211 g/mol. The molecule has 0 aliphatic carbocycles. The van der Waals surface area contributed by atoms with E-state index in [9.17, 15) is 0 Å². The van der Waals surface area contributed by atoms with Gasteiger partial charge in [-0.15, -0.1) is 0 Å². The fourth-order valence-electron chi connectivity index (χ4n) is 3.12. The highest BCUT2D eigenvalue weighted by Gasteiger charge is 2.38. The van der Waals surface area contributed by atoms with E-state index in [1.54, 1.807) is 0 Å². The maximum Gasteiger partial charge on any atom is -0.00460 e. The Morgan fingerprint density at radius 1 is 0.733 bits per heavy atom. The number of hydrogen-bond donors (Lipinski definition) is 1. The first-order valence-corrected chi connectivity index (χ1v) is 6.43. The number of nitrogens with one attached hydrogen (secondary N) is 1. The average Bonchev–Trinajstić information content (AvgIpc) is 2.24. The van der Waals surface area contributed by atoms with Crippen molar-refractivity contribution in [3.63, 3.8) is 0 Å². The third kappa shape index (κ3) is 3.48. The van der Waals surface area contributed by atoms with E-state index in [1.165, 1.54) is 25.9 Å². The Bertz CT molecular complexity index is 172. The normalized spacial score (nSPS) is 30.0. The topological polar surface area (TPSA) is 12.0 Å². The molecule has 2 atom stereocenters. The Balaban J connectivity index is 2.86. The lowest BCUT2D eigenvalue weighted by Crippen LogP contribution is -2.35. The molecular formula is C14H29N. The summed E-state index contributed by atoms with van der Waals surface area (Å²) in [5.41, 5.74) is 0.897. The van der Waals surface area contributed by atoms with Gasteiger partial charge in [0.05, 0.1) is 0 Å². The van der Waals surface area contributed by atoms with Crippen molar-refractivity contribution in [1.29, 1.82) is 0 Å². The van der Waals surface area contributed by atoms with Crippen LogP contribution in [0, 0.1) is 22.7 Å². The second kappa shape index (κ2) is 4.45. The van der Waals surface area contributed by atoms with Crippen molar-refractivity contribution in [3.05, 3.63) is 0 Å². The maximum absolute atomic E-state index is 3.55. The van der Waals surface area contributed by atoms with Crippen LogP contribution in [0.25, 0.3) is 0 Å². The van der Waals surface area contributed by atoms with Crippen LogP contribution in [0.4, 0.5) is 0 Å². The smallest absolute Gasteiger partial charge is 0.00460 e. The molecule has 1 aliphatic rings. The quantitative estimate of drug-likeness (QED) is 0.644. The van der Waals surface area contributed by atoms with Crippen molar-refractivity contribution in [2.45, 2.75) is 54.4 Å². The molecule has 1 aliphatic heterocycles. The Hall–Kier alpha value is -0.0400. The van der Waals surface area contributed by atoms with Crippen molar-refractivity contribution in [1.82, 2.24) is 5.32 Å². The van der Waals surface area contributed by atoms with Crippen molar-refractivity contribution in [3.8, 4) is 0 Å². The van der Waals surface area contributed by atoms with Crippen LogP contribution >= 0.6 is 0 Å². The molecule has 0 aromatic heterocycles. The molecule has 1 heteroatoms. The highest BCUT2D eigenvalue weighted by atomic mass is 14.9. The van der Waals surface area contributed by atoms with Crippen molar-refractivity contribution in [2.75, 3.05) is 13.1 Å². The van der Waals surface area contributed by atoms with Crippen molar-refractivity contribution < 1.29 is 0 Å². The molecule has 1 rings (SSSR count). The molecule has 90 valence electrons. The summed E-state index contributed by atoms with van der Waals surface area (Å²) in [7, 11) is 0. The van der Waals surface area contributed by atoms with E-state index in [-0.39, 0.29) is 0 Å². The maximum atomic E-state index is 3.55. The second-order valence-corrected chi connectivity index (χ2v) is 7.27. The fraction of sp³-hybridized carbons (Fsp3) is 1.00. The van der Waals surface area contributed by atoms with Crippen LogP contribution in [0.3, 0.4) is 0 Å². The highest BCUT2D eigenvalue weighted by molar-refractivity contribution is 4.89. The zero-order chi connectivity index (χ0) is 11.7. The second-order valence-electron chi connectivity index (χ2n) is 7.27. The Morgan fingerprint density at radius 3 is 1.33 bits per heavy atom. The molecule has 15 heavy (non-hydrogen) atoms. The molecular weight excluding hydrogens is 182 g/mol. The van der Waals surface area contributed by atoms with Crippen LogP contribution in [0.2, 0.25) is 0 Å². The van der Waals surface area contributed by atoms with Crippen LogP contribution < -0.4 is 5.32 Å². The molecule has 1 N–H and O–H groups in total. The predicted molar refractivity (Wildman–Crippen MR) is 68.0 cm³/mol. The molecule has 0 amide bonds. The first kappa shape index (κ1) is 13.0. The summed E-state index contributed by atoms with van der Waals surface area (Å²) in [5.74, 6) is 1.71. The number of rotatable bonds is 0. The van der Waals surface area contributed by atoms with Crippen LogP contribution in [-0.2, 0) is 0 Å². The van der Waals surface area contributed by atoms with Crippen LogP contribution in [0.1, 0.15) is 54.4 Å². The van der Waals surface area contributed by atoms with E-state index < -0.39 is 0 Å². The van der Waals surface area contributed by atoms with E-state index in [4.69, 9.17) is 0 Å². The molecule has 0 aromatic carbocycles. The lowest BCUT2D eigenvalue weighted by Gasteiger charge is -2.43. The van der Waals surface area contributed by atoms with Crippen LogP contribution in [0.15, 0.2) is 0 Å². The van der Waals surface area contributed by atoms with Gasteiger partial charge >= 0.3 is 0 Å². The third-order valence-corrected chi connectivity index (χ3v) is 3.97. The average molecular weight is 211 g/mol. The largest absolute Gasteiger partial charge is 0.317 e. The van der Waals surface area contributed by atoms with Gasteiger partial charge in [0, 0.05) is 0 Å². The zero-order valence-corrected chi connectivity index (χ0v) is 11.5. The van der Waals surface area contributed by atoms with Gasteiger partial charge in [-0.2, -0.15) is 0 Å². The molecule has 0 bridgehead atoms. The van der Waals surface area contributed by atoms with Gasteiger partial charge in [0.25, 0.3) is 0 Å². The zero-order valence-electron chi connectivity index (χ0n) is 11.5. The van der Waals surface area contributed by atoms with Crippen LogP contribution in [-0.4, -0.2) is 13.1 Å². The Labute approximate surface area is 96.0 Å². The summed E-state index contributed by atoms with van der Waals surface area (Å²) in [6, 6.07) is 0. The summed E-state index contributed by atoms with van der Waals surface area (Å²) in [4.78, 5) is 0. The SMILES string of the molecule is CC(C)(C)C1CCNCCC1C(C)(C)C. The minimum atomic E-state index is 0.448. The lowest BCUT2D eigenvalue weighted by molar-refractivity contribution is 0.0684. The molecule has 0 spiro atoms. The van der Waals surface area contributed by atoms with E-state index in [0.717, 1.165) is 11.8 Å². The highest BCUT2D eigenvalue weighted by Crippen LogP contribution is 2.45. The molecule has 1 fully saturated rings. The van der Waals surface area contributed by atoms with E-state index in [0.29, 0.717) is 10.8 Å². The molecule has 0 radical (unpaired) electrons. The van der Waals surface area contributed by atoms with Crippen molar-refractivity contribution in [2.24, 2.45) is 22.7 Å². The minimum absolute atomic E-state index is 0.448. The van der Waals surface area contributed by atoms with E-state index >= 15 is 0 Å². The summed E-state index contributed by atoms with van der Waals surface area (Å²) in [5, 5.41) is 3.55. The van der Waals surface area contributed by atoms with Gasteiger partial charge in [-0.25, -0.2) is 0 Å². The fourth-order valence-corrected chi connectivity index (χ4v) is 3.12. The predicted octanol–water partition coefficient (Wildman–Crippen LogP) is 3.69. The summed E-state index contributed by atoms with van der Waals surface area (Å²) in [6.45, 7) is 16.8. The first-order chi connectivity index (χ1) is 6.73. The van der Waals surface area contributed by atoms with Gasteiger partial charge in [-0.05, 0) is 48.6 Å². The van der Waals surface area contributed by atoms with Crippen molar-refractivity contribution >= 4 is 0 Å². The van der Waals surface area contributed by atoms with Crippen LogP contribution in [0.5, 0.6) is 0 Å². The summed E-state index contributed by atoms with van der Waals surface area (Å²) < 4.78 is 0. The van der Waals surface area contributed by atoms with Gasteiger partial charge in [-0.1, -0.05) is 41.5 Å².